The van der Waals surface area contributed by atoms with E-state index in [-0.39, 0.29) is 18.4 Å². The summed E-state index contributed by atoms with van der Waals surface area (Å²) >= 11 is 0. The van der Waals surface area contributed by atoms with Gasteiger partial charge < -0.3 is 14.7 Å². The number of rotatable bonds is 3. The maximum Gasteiger partial charge on any atom is 0.320 e. The Kier molecular flexibility index (Phi) is 4.01. The number of anilines is 2. The van der Waals surface area contributed by atoms with Gasteiger partial charge in [-0.1, -0.05) is 11.2 Å². The third-order valence-electron chi connectivity index (χ3n) is 3.94. The van der Waals surface area contributed by atoms with Crippen LogP contribution >= 0.6 is 0 Å². The van der Waals surface area contributed by atoms with E-state index in [2.05, 4.69) is 20.3 Å². The molecule has 23 heavy (non-hydrogen) atoms. The fraction of sp³-hybridized carbons (Fsp3) is 0.312. The van der Waals surface area contributed by atoms with Gasteiger partial charge in [0, 0.05) is 24.7 Å². The van der Waals surface area contributed by atoms with E-state index in [1.54, 1.807) is 11.0 Å². The van der Waals surface area contributed by atoms with Crippen LogP contribution in [0.5, 0.6) is 0 Å². The number of aromatic nitrogens is 1. The van der Waals surface area contributed by atoms with Gasteiger partial charge in [-0.25, -0.2) is 4.79 Å². The molecule has 3 amide bonds. The van der Waals surface area contributed by atoms with Crippen LogP contribution < -0.4 is 15.5 Å². The summed E-state index contributed by atoms with van der Waals surface area (Å²) in [6, 6.07) is 6.81. The summed E-state index contributed by atoms with van der Waals surface area (Å²) < 4.78 is 4.64. The zero-order chi connectivity index (χ0) is 16.4. The van der Waals surface area contributed by atoms with Crippen molar-refractivity contribution in [1.82, 2.24) is 10.5 Å². The van der Waals surface area contributed by atoms with Gasteiger partial charge in [0.25, 0.3) is 0 Å². The van der Waals surface area contributed by atoms with Gasteiger partial charge in [0.05, 0.1) is 6.04 Å². The molecule has 120 valence electrons. The van der Waals surface area contributed by atoms with Crippen LogP contribution in [0.25, 0.3) is 0 Å². The van der Waals surface area contributed by atoms with Crippen molar-refractivity contribution in [1.29, 1.82) is 0 Å². The van der Waals surface area contributed by atoms with Gasteiger partial charge in [-0.05, 0) is 37.1 Å². The molecule has 0 saturated carbocycles. The highest BCUT2D eigenvalue weighted by Gasteiger charge is 2.31. The molecule has 0 aliphatic carbocycles. The van der Waals surface area contributed by atoms with Crippen molar-refractivity contribution in [2.45, 2.75) is 26.3 Å². The lowest BCUT2D eigenvalue weighted by Gasteiger charge is -2.18. The first-order chi connectivity index (χ1) is 11.0. The number of aryl methyl sites for hydroxylation is 2. The zero-order valence-corrected chi connectivity index (χ0v) is 13.0. The molecule has 0 radical (unpaired) electrons. The van der Waals surface area contributed by atoms with Crippen molar-refractivity contribution in [3.63, 3.8) is 0 Å². The monoisotopic (exact) mass is 314 g/mol. The summed E-state index contributed by atoms with van der Waals surface area (Å²) in [6.07, 6.45) is 1.65. The van der Waals surface area contributed by atoms with Gasteiger partial charge in [-0.15, -0.1) is 0 Å². The molecule has 1 aromatic heterocycles. The average Bonchev–Trinajstić information content (AvgIpc) is 3.12. The second-order valence-electron chi connectivity index (χ2n) is 5.66. The van der Waals surface area contributed by atoms with Gasteiger partial charge in [0.15, 0.2) is 5.82 Å². The summed E-state index contributed by atoms with van der Waals surface area (Å²) in [5.74, 6) is 0.331. The summed E-state index contributed by atoms with van der Waals surface area (Å²) in [5, 5.41) is 8.93. The fourth-order valence-corrected chi connectivity index (χ4v) is 2.56. The molecule has 1 fully saturated rings. The van der Waals surface area contributed by atoms with E-state index in [9.17, 15) is 9.59 Å². The van der Waals surface area contributed by atoms with Crippen LogP contribution in [0.3, 0.4) is 0 Å². The number of hydrogen-bond donors (Lipinski definition) is 2. The maximum absolute atomic E-state index is 12.2. The van der Waals surface area contributed by atoms with Crippen LogP contribution in [0.2, 0.25) is 0 Å². The molecule has 1 aliphatic rings. The highest BCUT2D eigenvalue weighted by molar-refractivity contribution is 5.97. The summed E-state index contributed by atoms with van der Waals surface area (Å²) in [7, 11) is 0. The number of urea groups is 1. The minimum atomic E-state index is -0.404. The molecule has 1 unspecified atom stereocenters. The fourth-order valence-electron chi connectivity index (χ4n) is 2.56. The Morgan fingerprint density at radius 3 is 2.83 bits per heavy atom. The average molecular weight is 314 g/mol. The third-order valence-corrected chi connectivity index (χ3v) is 3.94. The molecule has 7 nitrogen and oxygen atoms in total. The number of benzene rings is 1. The molecule has 2 aromatic rings. The lowest BCUT2D eigenvalue weighted by atomic mass is 10.1. The number of nitrogens with one attached hydrogen (secondary N) is 2. The van der Waals surface area contributed by atoms with Crippen molar-refractivity contribution >= 4 is 23.4 Å². The summed E-state index contributed by atoms with van der Waals surface area (Å²) in [5.41, 5.74) is 3.18. The molecule has 0 spiro atoms. The molecule has 3 rings (SSSR count). The van der Waals surface area contributed by atoms with Gasteiger partial charge in [0.2, 0.25) is 5.91 Å². The van der Waals surface area contributed by atoms with Crippen molar-refractivity contribution in [3.8, 4) is 0 Å². The topological polar surface area (TPSA) is 87.5 Å². The number of carbonyl (C=O) groups is 2. The molecule has 0 bridgehead atoms. The molecule has 7 heteroatoms. The van der Waals surface area contributed by atoms with E-state index < -0.39 is 6.03 Å². The van der Waals surface area contributed by atoms with Crippen molar-refractivity contribution in [2.24, 2.45) is 0 Å². The lowest BCUT2D eigenvalue weighted by molar-refractivity contribution is -0.117. The first-order valence-electron chi connectivity index (χ1n) is 7.38. The van der Waals surface area contributed by atoms with E-state index in [1.165, 1.54) is 11.8 Å². The zero-order valence-electron chi connectivity index (χ0n) is 13.0. The molecule has 1 saturated heterocycles. The number of nitrogens with zero attached hydrogens (tertiary/aromatic N) is 2. The minimum absolute atomic E-state index is 0.0000100. The quantitative estimate of drug-likeness (QED) is 0.909. The molecule has 1 aromatic carbocycles. The molecule has 2 N–H and O–H groups in total. The smallest absolute Gasteiger partial charge is 0.320 e. The van der Waals surface area contributed by atoms with E-state index in [0.29, 0.717) is 12.4 Å². The highest BCUT2D eigenvalue weighted by atomic mass is 16.5. The van der Waals surface area contributed by atoms with Gasteiger partial charge in [0.1, 0.15) is 6.26 Å². The van der Waals surface area contributed by atoms with E-state index >= 15 is 0 Å². The number of amides is 3. The summed E-state index contributed by atoms with van der Waals surface area (Å²) in [6.45, 7) is 4.50. The largest absolute Gasteiger partial charge is 0.363 e. The van der Waals surface area contributed by atoms with Gasteiger partial charge in [-0.3, -0.25) is 10.1 Å². The maximum atomic E-state index is 12.2. The SMILES string of the molecule is Cc1ccc(N2CC(NC(=O)Nc3ccon3)CC2=O)cc1C. The Bertz CT molecular complexity index is 727. The number of carbonyl (C=O) groups excluding carboxylic acids is 2. The third kappa shape index (κ3) is 3.33. The van der Waals surface area contributed by atoms with Crippen LogP contribution in [-0.2, 0) is 4.79 Å². The minimum Gasteiger partial charge on any atom is -0.363 e. The van der Waals surface area contributed by atoms with Crippen molar-refractivity contribution in [2.75, 3.05) is 16.8 Å². The first-order valence-corrected chi connectivity index (χ1v) is 7.38. The van der Waals surface area contributed by atoms with E-state index in [0.717, 1.165) is 11.3 Å². The van der Waals surface area contributed by atoms with Crippen LogP contribution in [0.15, 0.2) is 35.1 Å². The van der Waals surface area contributed by atoms with Crippen LogP contribution in [0, 0.1) is 13.8 Å². The molecule has 1 aliphatic heterocycles. The van der Waals surface area contributed by atoms with E-state index in [4.69, 9.17) is 0 Å². The molecular weight excluding hydrogens is 296 g/mol. The van der Waals surface area contributed by atoms with Gasteiger partial charge >= 0.3 is 6.03 Å². The second-order valence-corrected chi connectivity index (χ2v) is 5.66. The number of hydrogen-bond acceptors (Lipinski definition) is 4. The summed E-state index contributed by atoms with van der Waals surface area (Å²) in [4.78, 5) is 25.8. The lowest BCUT2D eigenvalue weighted by Crippen LogP contribution is -2.39. The Hall–Kier alpha value is -2.83. The van der Waals surface area contributed by atoms with E-state index in [1.807, 2.05) is 32.0 Å². The first kappa shape index (κ1) is 15.1. The Labute approximate surface area is 133 Å². The van der Waals surface area contributed by atoms with Crippen LogP contribution in [0.4, 0.5) is 16.3 Å². The van der Waals surface area contributed by atoms with Crippen LogP contribution in [0.1, 0.15) is 17.5 Å². The normalized spacial score (nSPS) is 17.4. The molecule has 1 atom stereocenters. The predicted molar refractivity (Wildman–Crippen MR) is 85.3 cm³/mol. The van der Waals surface area contributed by atoms with Crippen LogP contribution in [-0.4, -0.2) is 29.7 Å². The van der Waals surface area contributed by atoms with Gasteiger partial charge in [-0.2, -0.15) is 0 Å². The van der Waals surface area contributed by atoms with Crippen molar-refractivity contribution in [3.05, 3.63) is 41.7 Å². The Morgan fingerprint density at radius 1 is 1.30 bits per heavy atom. The Balaban J connectivity index is 1.62. The standard InChI is InChI=1S/C16H18N4O3/c1-10-3-4-13(7-11(10)2)20-9-12(8-15(20)21)17-16(22)18-14-5-6-23-19-14/h3-7,12H,8-9H2,1-2H3,(H2,17,18,19,22). The molecular formula is C16H18N4O3. The van der Waals surface area contributed by atoms with Crippen molar-refractivity contribution < 1.29 is 14.1 Å². The Morgan fingerprint density at radius 2 is 2.13 bits per heavy atom. The highest BCUT2D eigenvalue weighted by Crippen LogP contribution is 2.24. The molecule has 2 heterocycles. The second kappa shape index (κ2) is 6.12. The predicted octanol–water partition coefficient (Wildman–Crippen LogP) is 2.22.